The maximum atomic E-state index is 13.6. The molecule has 0 saturated heterocycles. The van der Waals surface area contributed by atoms with E-state index in [4.69, 9.17) is 5.73 Å². The molecule has 0 aliphatic heterocycles. The van der Waals surface area contributed by atoms with Crippen molar-refractivity contribution in [2.24, 2.45) is 5.73 Å². The Morgan fingerprint density at radius 3 is 1.76 bits per heavy atom. The largest absolute Gasteiger partial charge is 0.399 e. The van der Waals surface area contributed by atoms with Gasteiger partial charge in [0.2, 0.25) is 0 Å². The predicted octanol–water partition coefficient (Wildman–Crippen LogP) is 11.7. The van der Waals surface area contributed by atoms with Crippen LogP contribution in [-0.4, -0.2) is 0 Å². The second kappa shape index (κ2) is 22.1. The molecular formula is C39H54FN. The molecule has 0 heterocycles. The lowest BCUT2D eigenvalue weighted by atomic mass is 9.78. The van der Waals surface area contributed by atoms with Crippen LogP contribution < -0.4 is 5.73 Å². The smallest absolute Gasteiger partial charge is 0.123 e. The molecule has 2 heteroatoms. The van der Waals surface area contributed by atoms with Gasteiger partial charge in [-0.1, -0.05) is 132 Å². The fourth-order valence-corrected chi connectivity index (χ4v) is 4.54. The Labute approximate surface area is 251 Å². The van der Waals surface area contributed by atoms with Crippen LogP contribution in [0.3, 0.4) is 0 Å². The molecule has 2 N–H and O–H groups in total. The van der Waals surface area contributed by atoms with Crippen molar-refractivity contribution in [3.8, 4) is 0 Å². The van der Waals surface area contributed by atoms with Crippen LogP contribution in [0.5, 0.6) is 0 Å². The van der Waals surface area contributed by atoms with Crippen LogP contribution in [0.1, 0.15) is 95.9 Å². The molecule has 3 aromatic rings. The van der Waals surface area contributed by atoms with Crippen LogP contribution in [0, 0.1) is 12.7 Å². The number of allylic oxidation sites excluding steroid dienone is 5. The zero-order chi connectivity index (χ0) is 31.2. The number of aryl methyl sites for hydroxylation is 2. The number of hydrogen-bond acceptors (Lipinski definition) is 1. The summed E-state index contributed by atoms with van der Waals surface area (Å²) in [6.07, 6.45) is 7.86. The third kappa shape index (κ3) is 13.0. The first-order valence-corrected chi connectivity index (χ1v) is 15.0. The molecule has 222 valence electrons. The summed E-state index contributed by atoms with van der Waals surface area (Å²) in [6, 6.07) is 25.8. The zero-order valence-corrected chi connectivity index (χ0v) is 26.9. The fraction of sp³-hybridized carbons (Fsp3) is 0.333. The maximum Gasteiger partial charge on any atom is 0.123 e. The number of nitrogens with two attached hydrogens (primary N) is 1. The van der Waals surface area contributed by atoms with Gasteiger partial charge >= 0.3 is 0 Å². The Morgan fingerprint density at radius 2 is 1.34 bits per heavy atom. The van der Waals surface area contributed by atoms with E-state index in [0.29, 0.717) is 5.70 Å². The SMILES string of the molecule is C=C(N)/C(CC)=C(CCC)\C(=C/C)C(c1ccccc1)c1ccc(F)cc1.C=CC.CC.CCc1ccc(C)cc1. The molecule has 1 atom stereocenters. The van der Waals surface area contributed by atoms with Crippen LogP contribution in [-0.2, 0) is 6.42 Å². The second-order valence-electron chi connectivity index (χ2n) is 9.47. The van der Waals surface area contributed by atoms with E-state index in [1.54, 1.807) is 6.08 Å². The van der Waals surface area contributed by atoms with Crippen molar-refractivity contribution in [1.29, 1.82) is 0 Å². The lowest BCUT2D eigenvalue weighted by molar-refractivity contribution is 0.626. The summed E-state index contributed by atoms with van der Waals surface area (Å²) in [4.78, 5) is 0. The van der Waals surface area contributed by atoms with E-state index in [2.05, 4.69) is 90.3 Å². The summed E-state index contributed by atoms with van der Waals surface area (Å²) < 4.78 is 13.6. The van der Waals surface area contributed by atoms with Gasteiger partial charge in [0.15, 0.2) is 0 Å². The van der Waals surface area contributed by atoms with Gasteiger partial charge in [0.1, 0.15) is 5.82 Å². The van der Waals surface area contributed by atoms with E-state index in [9.17, 15) is 4.39 Å². The van der Waals surface area contributed by atoms with E-state index < -0.39 is 0 Å². The Kier molecular flexibility index (Phi) is 20.1. The summed E-state index contributed by atoms with van der Waals surface area (Å²) in [5.74, 6) is -0.194. The van der Waals surface area contributed by atoms with Crippen molar-refractivity contribution in [3.63, 3.8) is 0 Å². The van der Waals surface area contributed by atoms with Gasteiger partial charge < -0.3 is 5.73 Å². The summed E-state index contributed by atoms with van der Waals surface area (Å²) in [5.41, 5.74) is 15.4. The molecule has 1 unspecified atom stereocenters. The van der Waals surface area contributed by atoms with Gasteiger partial charge in [-0.2, -0.15) is 0 Å². The first-order valence-electron chi connectivity index (χ1n) is 15.0. The molecule has 0 bridgehead atoms. The summed E-state index contributed by atoms with van der Waals surface area (Å²) in [5, 5.41) is 0. The van der Waals surface area contributed by atoms with Gasteiger partial charge in [-0.05, 0) is 85.6 Å². The van der Waals surface area contributed by atoms with Gasteiger partial charge in [0.05, 0.1) is 0 Å². The highest BCUT2D eigenvalue weighted by molar-refractivity contribution is 5.52. The number of rotatable bonds is 9. The van der Waals surface area contributed by atoms with Gasteiger partial charge in [-0.3, -0.25) is 0 Å². The highest BCUT2D eigenvalue weighted by Crippen LogP contribution is 2.39. The maximum absolute atomic E-state index is 13.6. The van der Waals surface area contributed by atoms with Crippen LogP contribution >= 0.6 is 0 Å². The average Bonchev–Trinajstić information content (AvgIpc) is 2.99. The first kappa shape index (κ1) is 37.4. The molecule has 1 nitrogen and oxygen atoms in total. The molecule has 0 aromatic heterocycles. The van der Waals surface area contributed by atoms with E-state index >= 15 is 0 Å². The van der Waals surface area contributed by atoms with Crippen molar-refractivity contribution in [2.75, 3.05) is 0 Å². The topological polar surface area (TPSA) is 26.0 Å². The summed E-state index contributed by atoms with van der Waals surface area (Å²) in [6.45, 7) is 23.9. The fourth-order valence-electron chi connectivity index (χ4n) is 4.54. The Balaban J connectivity index is 0.000000944. The summed E-state index contributed by atoms with van der Waals surface area (Å²) >= 11 is 0. The predicted molar refractivity (Wildman–Crippen MR) is 182 cm³/mol. The summed E-state index contributed by atoms with van der Waals surface area (Å²) in [7, 11) is 0. The zero-order valence-electron chi connectivity index (χ0n) is 26.9. The molecule has 0 fully saturated rings. The van der Waals surface area contributed by atoms with E-state index in [-0.39, 0.29) is 11.7 Å². The lowest BCUT2D eigenvalue weighted by Crippen LogP contribution is -2.11. The normalized spacial score (nSPS) is 11.7. The van der Waals surface area contributed by atoms with Crippen LogP contribution in [0.2, 0.25) is 0 Å². The molecule has 3 aromatic carbocycles. The monoisotopic (exact) mass is 555 g/mol. The second-order valence-corrected chi connectivity index (χ2v) is 9.47. The number of halogens is 1. The van der Waals surface area contributed by atoms with Crippen molar-refractivity contribution < 1.29 is 4.39 Å². The molecule has 0 amide bonds. The first-order chi connectivity index (χ1) is 19.8. The highest BCUT2D eigenvalue weighted by Gasteiger charge is 2.23. The molecule has 0 aliphatic carbocycles. The molecule has 0 spiro atoms. The minimum atomic E-state index is -0.221. The van der Waals surface area contributed by atoms with E-state index in [1.165, 1.54) is 40.0 Å². The molecule has 0 saturated carbocycles. The molecule has 0 aliphatic rings. The quantitative estimate of drug-likeness (QED) is 0.206. The third-order valence-electron chi connectivity index (χ3n) is 6.44. The van der Waals surface area contributed by atoms with Crippen molar-refractivity contribution in [3.05, 3.63) is 155 Å². The highest BCUT2D eigenvalue weighted by atomic mass is 19.1. The minimum absolute atomic E-state index is 0.0271. The minimum Gasteiger partial charge on any atom is -0.399 e. The Morgan fingerprint density at radius 1 is 0.829 bits per heavy atom. The Hall–Kier alpha value is -3.65. The number of benzene rings is 3. The number of hydrogen-bond donors (Lipinski definition) is 1. The van der Waals surface area contributed by atoms with Gasteiger partial charge in [-0.25, -0.2) is 4.39 Å². The van der Waals surface area contributed by atoms with Crippen LogP contribution in [0.4, 0.5) is 4.39 Å². The van der Waals surface area contributed by atoms with Crippen LogP contribution in [0.25, 0.3) is 0 Å². The van der Waals surface area contributed by atoms with Crippen LogP contribution in [0.15, 0.2) is 127 Å². The molecule has 3 rings (SSSR count). The Bertz CT molecular complexity index is 1180. The molecular weight excluding hydrogens is 501 g/mol. The van der Waals surface area contributed by atoms with Crippen molar-refractivity contribution >= 4 is 0 Å². The average molecular weight is 556 g/mol. The van der Waals surface area contributed by atoms with Crippen molar-refractivity contribution in [2.45, 2.75) is 87.0 Å². The van der Waals surface area contributed by atoms with E-state index in [1.807, 2.05) is 51.1 Å². The third-order valence-corrected chi connectivity index (χ3v) is 6.44. The van der Waals surface area contributed by atoms with Crippen molar-refractivity contribution in [1.82, 2.24) is 0 Å². The van der Waals surface area contributed by atoms with Gasteiger partial charge in [-0.15, -0.1) is 6.58 Å². The standard InChI is InChI=1S/C25H30FN.C9H12.C3H6.C2H6/c1-5-11-24(22(6-2)18(4)27)23(7-3)25(19-12-9-8-10-13-19)20-14-16-21(26)17-15-20;1-3-9-6-4-8(2)5-7-9;1-3-2;1-2/h7-10,12-17,25H,4-6,11,27H2,1-3H3;4-7H,3H2,1-2H3;3H,1H2,2H3;1-2H3/b23-7+,24-22-;;;. The lowest BCUT2D eigenvalue weighted by Gasteiger charge is -2.26. The molecule has 41 heavy (non-hydrogen) atoms. The van der Waals surface area contributed by atoms with Gasteiger partial charge in [0.25, 0.3) is 0 Å². The van der Waals surface area contributed by atoms with E-state index in [0.717, 1.165) is 36.8 Å². The molecule has 0 radical (unpaired) electrons. The van der Waals surface area contributed by atoms with Gasteiger partial charge in [0, 0.05) is 11.6 Å².